The molecule has 0 bridgehead atoms. The first kappa shape index (κ1) is 11.4. The number of hydrogen-bond acceptors (Lipinski definition) is 4. The van der Waals surface area contributed by atoms with Gasteiger partial charge in [-0.05, 0) is 6.92 Å². The van der Waals surface area contributed by atoms with Crippen LogP contribution in [0.4, 0.5) is 10.2 Å². The lowest BCUT2D eigenvalue weighted by Crippen LogP contribution is -2.36. The lowest BCUT2D eigenvalue weighted by Gasteiger charge is -2.18. The van der Waals surface area contributed by atoms with Gasteiger partial charge in [0.15, 0.2) is 0 Å². The second-order valence-corrected chi connectivity index (χ2v) is 3.32. The zero-order valence-electron chi connectivity index (χ0n) is 8.86. The van der Waals surface area contributed by atoms with E-state index >= 15 is 0 Å². The van der Waals surface area contributed by atoms with E-state index in [2.05, 4.69) is 15.3 Å². The molecule has 1 atom stereocenters. The third kappa shape index (κ3) is 3.16. The molecule has 1 heterocycles. The summed E-state index contributed by atoms with van der Waals surface area (Å²) in [7, 11) is 3.31. The van der Waals surface area contributed by atoms with Gasteiger partial charge in [0.1, 0.15) is 18.2 Å². The van der Waals surface area contributed by atoms with Gasteiger partial charge in [-0.25, -0.2) is 9.97 Å². The van der Waals surface area contributed by atoms with Crippen molar-refractivity contribution in [1.82, 2.24) is 14.9 Å². The third-order valence-corrected chi connectivity index (χ3v) is 1.81. The van der Waals surface area contributed by atoms with Crippen molar-refractivity contribution in [2.75, 3.05) is 19.4 Å². The second kappa shape index (κ2) is 4.68. The summed E-state index contributed by atoms with van der Waals surface area (Å²) in [6, 6.07) is 0.689. The summed E-state index contributed by atoms with van der Waals surface area (Å²) in [6.07, 6.45) is 1.10. The predicted octanol–water partition coefficient (Wildman–Crippen LogP) is 0.504. The molecule has 82 valence electrons. The van der Waals surface area contributed by atoms with Crippen LogP contribution < -0.4 is 5.32 Å². The van der Waals surface area contributed by atoms with E-state index in [1.54, 1.807) is 21.0 Å². The Morgan fingerprint density at radius 3 is 2.73 bits per heavy atom. The molecule has 0 aromatic carbocycles. The monoisotopic (exact) mass is 212 g/mol. The van der Waals surface area contributed by atoms with E-state index in [0.717, 1.165) is 12.4 Å². The van der Waals surface area contributed by atoms with Gasteiger partial charge < -0.3 is 10.2 Å². The van der Waals surface area contributed by atoms with Gasteiger partial charge in [0.25, 0.3) is 0 Å². The van der Waals surface area contributed by atoms with Crippen LogP contribution in [0.15, 0.2) is 12.4 Å². The van der Waals surface area contributed by atoms with Crippen LogP contribution in [0.2, 0.25) is 0 Å². The van der Waals surface area contributed by atoms with Gasteiger partial charge in [-0.1, -0.05) is 0 Å². The van der Waals surface area contributed by atoms with E-state index < -0.39 is 12.0 Å². The molecule has 1 aromatic rings. The number of nitrogens with zero attached hydrogens (tertiary/aromatic N) is 3. The molecular formula is C9H13FN4O. The fourth-order valence-corrected chi connectivity index (χ4v) is 1.08. The van der Waals surface area contributed by atoms with Crippen molar-refractivity contribution in [1.29, 1.82) is 0 Å². The highest BCUT2D eigenvalue weighted by molar-refractivity contribution is 5.83. The smallest absolute Gasteiger partial charge is 0.244 e. The molecule has 1 N–H and O–H groups in total. The number of anilines is 1. The van der Waals surface area contributed by atoms with E-state index in [0.29, 0.717) is 5.82 Å². The van der Waals surface area contributed by atoms with Crippen LogP contribution in [0.25, 0.3) is 0 Å². The SMILES string of the molecule is CC(Nc1cc(F)ncn1)C(=O)N(C)C. The molecule has 0 aliphatic heterocycles. The van der Waals surface area contributed by atoms with Crippen LogP contribution in [0.1, 0.15) is 6.92 Å². The molecule has 5 nitrogen and oxygen atoms in total. The van der Waals surface area contributed by atoms with Crippen LogP contribution in [0.5, 0.6) is 0 Å². The van der Waals surface area contributed by atoms with E-state index in [-0.39, 0.29) is 5.91 Å². The quantitative estimate of drug-likeness (QED) is 0.741. The fraction of sp³-hybridized carbons (Fsp3) is 0.444. The van der Waals surface area contributed by atoms with Gasteiger partial charge in [-0.2, -0.15) is 4.39 Å². The predicted molar refractivity (Wildman–Crippen MR) is 53.8 cm³/mol. The third-order valence-electron chi connectivity index (χ3n) is 1.81. The molecular weight excluding hydrogens is 199 g/mol. The Hall–Kier alpha value is -1.72. The summed E-state index contributed by atoms with van der Waals surface area (Å²) in [6.45, 7) is 1.68. The van der Waals surface area contributed by atoms with Crippen molar-refractivity contribution in [3.05, 3.63) is 18.3 Å². The van der Waals surface area contributed by atoms with Crippen molar-refractivity contribution in [2.45, 2.75) is 13.0 Å². The highest BCUT2D eigenvalue weighted by Crippen LogP contribution is 2.05. The molecule has 0 radical (unpaired) electrons. The van der Waals surface area contributed by atoms with E-state index in [4.69, 9.17) is 0 Å². The van der Waals surface area contributed by atoms with Gasteiger partial charge in [-0.3, -0.25) is 4.79 Å². The zero-order valence-corrected chi connectivity index (χ0v) is 8.86. The Morgan fingerprint density at radius 2 is 2.20 bits per heavy atom. The lowest BCUT2D eigenvalue weighted by atomic mass is 10.3. The molecule has 1 rings (SSSR count). The molecule has 1 aromatic heterocycles. The van der Waals surface area contributed by atoms with Crippen molar-refractivity contribution < 1.29 is 9.18 Å². The normalized spacial score (nSPS) is 12.0. The summed E-state index contributed by atoms with van der Waals surface area (Å²) in [5.41, 5.74) is 0. The average Bonchev–Trinajstić information content (AvgIpc) is 2.16. The van der Waals surface area contributed by atoms with Gasteiger partial charge in [0.2, 0.25) is 11.9 Å². The van der Waals surface area contributed by atoms with Gasteiger partial charge in [-0.15, -0.1) is 0 Å². The van der Waals surface area contributed by atoms with Crippen LogP contribution in [0, 0.1) is 5.95 Å². The van der Waals surface area contributed by atoms with E-state index in [9.17, 15) is 9.18 Å². The Morgan fingerprint density at radius 1 is 1.53 bits per heavy atom. The molecule has 0 fully saturated rings. The van der Waals surface area contributed by atoms with Crippen LogP contribution >= 0.6 is 0 Å². The fourth-order valence-electron chi connectivity index (χ4n) is 1.08. The van der Waals surface area contributed by atoms with Crippen LogP contribution in [-0.2, 0) is 4.79 Å². The summed E-state index contributed by atoms with van der Waals surface area (Å²) < 4.78 is 12.7. The molecule has 1 unspecified atom stereocenters. The summed E-state index contributed by atoms with van der Waals surface area (Å²) in [4.78, 5) is 20.0. The maximum atomic E-state index is 12.7. The minimum Gasteiger partial charge on any atom is -0.358 e. The second-order valence-electron chi connectivity index (χ2n) is 3.32. The molecule has 0 aliphatic carbocycles. The van der Waals surface area contributed by atoms with E-state index in [1.165, 1.54) is 4.90 Å². The van der Waals surface area contributed by atoms with Crippen molar-refractivity contribution in [3.8, 4) is 0 Å². The van der Waals surface area contributed by atoms with Crippen molar-refractivity contribution >= 4 is 11.7 Å². The largest absolute Gasteiger partial charge is 0.358 e. The number of carbonyl (C=O) groups excluding carboxylic acids is 1. The first-order chi connectivity index (χ1) is 7.00. The molecule has 0 aliphatic rings. The molecule has 0 saturated heterocycles. The number of aromatic nitrogens is 2. The summed E-state index contributed by atoms with van der Waals surface area (Å²) >= 11 is 0. The van der Waals surface area contributed by atoms with Gasteiger partial charge in [0.05, 0.1) is 0 Å². The van der Waals surface area contributed by atoms with Gasteiger partial charge in [0, 0.05) is 20.2 Å². The number of likely N-dealkylation sites (N-methyl/N-ethyl adjacent to an activating group) is 1. The number of rotatable bonds is 3. The highest BCUT2D eigenvalue weighted by Gasteiger charge is 2.14. The van der Waals surface area contributed by atoms with Crippen LogP contribution in [-0.4, -0.2) is 40.9 Å². The van der Waals surface area contributed by atoms with E-state index in [1.807, 2.05) is 0 Å². The molecule has 1 amide bonds. The van der Waals surface area contributed by atoms with Crippen molar-refractivity contribution in [2.24, 2.45) is 0 Å². The average molecular weight is 212 g/mol. The summed E-state index contributed by atoms with van der Waals surface area (Å²) in [5, 5.41) is 2.78. The topological polar surface area (TPSA) is 58.1 Å². The minimum absolute atomic E-state index is 0.103. The summed E-state index contributed by atoms with van der Waals surface area (Å²) in [5.74, 6) is -0.434. The molecule has 0 spiro atoms. The van der Waals surface area contributed by atoms with Crippen molar-refractivity contribution in [3.63, 3.8) is 0 Å². The zero-order chi connectivity index (χ0) is 11.4. The number of nitrogens with one attached hydrogen (secondary N) is 1. The molecule has 0 saturated carbocycles. The standard InChI is InChI=1S/C9H13FN4O/c1-6(9(15)14(2)3)13-8-4-7(10)11-5-12-8/h4-6H,1-3H3,(H,11,12,13). The maximum Gasteiger partial charge on any atom is 0.244 e. The minimum atomic E-state index is -0.628. The lowest BCUT2D eigenvalue weighted by molar-refractivity contribution is -0.129. The first-order valence-electron chi connectivity index (χ1n) is 4.46. The Balaban J connectivity index is 2.66. The maximum absolute atomic E-state index is 12.7. The van der Waals surface area contributed by atoms with Crippen LogP contribution in [0.3, 0.4) is 0 Å². The molecule has 15 heavy (non-hydrogen) atoms. The number of halogens is 1. The first-order valence-corrected chi connectivity index (χ1v) is 4.46. The highest BCUT2D eigenvalue weighted by atomic mass is 19.1. The Labute approximate surface area is 87.3 Å². The Kier molecular flexibility index (Phi) is 3.54. The Bertz CT molecular complexity index is 356. The molecule has 6 heteroatoms. The number of carbonyl (C=O) groups is 1. The van der Waals surface area contributed by atoms with Gasteiger partial charge >= 0.3 is 0 Å². The number of hydrogen-bond donors (Lipinski definition) is 1. The number of amides is 1.